The van der Waals surface area contributed by atoms with Crippen molar-refractivity contribution in [1.82, 2.24) is 20.0 Å². The van der Waals surface area contributed by atoms with Gasteiger partial charge in [0.25, 0.3) is 5.91 Å². The first kappa shape index (κ1) is 19.8. The zero-order valence-electron chi connectivity index (χ0n) is 17.7. The maximum atomic E-state index is 13.1. The van der Waals surface area contributed by atoms with Crippen LogP contribution in [0.25, 0.3) is 5.69 Å². The van der Waals surface area contributed by atoms with Crippen molar-refractivity contribution in [3.8, 4) is 5.69 Å². The van der Waals surface area contributed by atoms with E-state index in [1.54, 1.807) is 4.68 Å². The number of aryl methyl sites for hydroxylation is 1. The lowest BCUT2D eigenvalue weighted by molar-refractivity contribution is -0.135. The zero-order chi connectivity index (χ0) is 21.6. The maximum Gasteiger partial charge on any atom is 0.325 e. The van der Waals surface area contributed by atoms with Crippen molar-refractivity contribution in [2.45, 2.75) is 57.4 Å². The van der Waals surface area contributed by atoms with Gasteiger partial charge in [-0.3, -0.25) is 14.5 Å². The Balaban J connectivity index is 1.35. The van der Waals surface area contributed by atoms with Gasteiger partial charge in [0.2, 0.25) is 5.91 Å². The fourth-order valence-corrected chi connectivity index (χ4v) is 5.00. The molecule has 5 rings (SSSR count). The van der Waals surface area contributed by atoms with Crippen molar-refractivity contribution >= 4 is 23.7 Å². The Morgan fingerprint density at radius 2 is 1.94 bits per heavy atom. The molecule has 8 heteroatoms. The molecule has 4 amide bonds. The number of aromatic nitrogens is 2. The molecule has 1 aromatic carbocycles. The topological polar surface area (TPSA) is 96.3 Å². The molecule has 0 bridgehead atoms. The highest BCUT2D eigenvalue weighted by atomic mass is 16.2. The molecule has 1 aromatic heterocycles. The first-order chi connectivity index (χ1) is 15.0. The molecule has 1 saturated carbocycles. The number of nitrogens with zero attached hydrogens (tertiary/aromatic N) is 3. The quantitative estimate of drug-likeness (QED) is 0.742. The second-order valence-electron chi connectivity index (χ2n) is 9.01. The molecule has 2 fully saturated rings. The van der Waals surface area contributed by atoms with Gasteiger partial charge in [-0.25, -0.2) is 9.48 Å². The van der Waals surface area contributed by atoms with Crippen LogP contribution in [0.15, 0.2) is 30.3 Å². The highest BCUT2D eigenvalue weighted by Crippen LogP contribution is 2.36. The van der Waals surface area contributed by atoms with E-state index in [1.165, 1.54) is 0 Å². The van der Waals surface area contributed by atoms with Crippen molar-refractivity contribution in [1.29, 1.82) is 0 Å². The molecule has 0 unspecified atom stereocenters. The fourth-order valence-electron chi connectivity index (χ4n) is 5.00. The number of benzene rings is 1. The van der Waals surface area contributed by atoms with E-state index in [0.29, 0.717) is 24.6 Å². The van der Waals surface area contributed by atoms with Crippen molar-refractivity contribution in [3.63, 3.8) is 0 Å². The van der Waals surface area contributed by atoms with Crippen LogP contribution in [0.1, 0.15) is 50.3 Å². The van der Waals surface area contributed by atoms with Crippen LogP contribution >= 0.6 is 0 Å². The van der Waals surface area contributed by atoms with Crippen molar-refractivity contribution < 1.29 is 14.4 Å². The first-order valence-electron chi connectivity index (χ1n) is 11.1. The van der Waals surface area contributed by atoms with E-state index >= 15 is 0 Å². The molecule has 1 saturated heterocycles. The number of carbonyl (C=O) groups excluding carboxylic acids is 3. The van der Waals surface area contributed by atoms with E-state index in [0.717, 1.165) is 53.9 Å². The van der Waals surface area contributed by atoms with Crippen LogP contribution in [0.5, 0.6) is 0 Å². The summed E-state index contributed by atoms with van der Waals surface area (Å²) in [6.45, 7) is 1.87. The maximum absolute atomic E-state index is 13.1. The molecule has 2 aromatic rings. The SMILES string of the molecule is CC1CCC2(CC1)NC(=O)N(CC(=O)Nc1c3c(nn1-c1ccccc1)CCC3)C2=O. The van der Waals surface area contributed by atoms with Gasteiger partial charge in [0, 0.05) is 5.56 Å². The minimum Gasteiger partial charge on any atom is -0.323 e. The number of nitrogens with one attached hydrogen (secondary N) is 2. The Kier molecular flexibility index (Phi) is 4.79. The number of anilines is 1. The van der Waals surface area contributed by atoms with Gasteiger partial charge in [-0.2, -0.15) is 5.10 Å². The van der Waals surface area contributed by atoms with E-state index in [1.807, 2.05) is 30.3 Å². The fraction of sp³-hybridized carbons (Fsp3) is 0.478. The monoisotopic (exact) mass is 421 g/mol. The van der Waals surface area contributed by atoms with Gasteiger partial charge in [0.05, 0.1) is 11.4 Å². The molecule has 0 atom stereocenters. The molecular formula is C23H27N5O3. The third kappa shape index (κ3) is 3.40. The highest BCUT2D eigenvalue weighted by molar-refractivity contribution is 6.10. The Labute approximate surface area is 181 Å². The smallest absolute Gasteiger partial charge is 0.323 e. The van der Waals surface area contributed by atoms with Gasteiger partial charge < -0.3 is 10.6 Å². The predicted octanol–water partition coefficient (Wildman–Crippen LogP) is 2.80. The van der Waals surface area contributed by atoms with Crippen LogP contribution < -0.4 is 10.6 Å². The molecular weight excluding hydrogens is 394 g/mol. The largest absolute Gasteiger partial charge is 0.325 e. The van der Waals surface area contributed by atoms with E-state index in [-0.39, 0.29) is 12.5 Å². The second-order valence-corrected chi connectivity index (χ2v) is 9.01. The summed E-state index contributed by atoms with van der Waals surface area (Å²) in [4.78, 5) is 39.6. The lowest BCUT2D eigenvalue weighted by atomic mass is 9.77. The second kappa shape index (κ2) is 7.51. The van der Waals surface area contributed by atoms with Gasteiger partial charge in [-0.15, -0.1) is 0 Å². The summed E-state index contributed by atoms with van der Waals surface area (Å²) in [7, 11) is 0. The third-order valence-electron chi connectivity index (χ3n) is 6.84. The summed E-state index contributed by atoms with van der Waals surface area (Å²) in [5.41, 5.74) is 2.05. The van der Waals surface area contributed by atoms with Crippen LogP contribution in [0.2, 0.25) is 0 Å². The summed E-state index contributed by atoms with van der Waals surface area (Å²) in [5, 5.41) is 10.5. The zero-order valence-corrected chi connectivity index (χ0v) is 17.7. The number of carbonyl (C=O) groups is 3. The predicted molar refractivity (Wildman–Crippen MR) is 115 cm³/mol. The van der Waals surface area contributed by atoms with Crippen LogP contribution in [0.4, 0.5) is 10.6 Å². The van der Waals surface area contributed by atoms with Gasteiger partial charge >= 0.3 is 6.03 Å². The Bertz CT molecular complexity index is 1040. The first-order valence-corrected chi connectivity index (χ1v) is 11.1. The lowest BCUT2D eigenvalue weighted by Crippen LogP contribution is -2.49. The lowest BCUT2D eigenvalue weighted by Gasteiger charge is -2.33. The minimum absolute atomic E-state index is 0.277. The van der Waals surface area contributed by atoms with Gasteiger partial charge in [0.15, 0.2) is 0 Å². The van der Waals surface area contributed by atoms with Crippen LogP contribution in [0, 0.1) is 5.92 Å². The standard InChI is InChI=1S/C23H27N5O3/c1-15-10-12-23(13-11-15)21(30)27(22(31)25-23)14-19(29)24-20-17-8-5-9-18(17)26-28(20)16-6-3-2-4-7-16/h2-4,6-7,15H,5,8-14H2,1H3,(H,24,29)(H,25,31). The summed E-state index contributed by atoms with van der Waals surface area (Å²) >= 11 is 0. The number of hydrogen-bond acceptors (Lipinski definition) is 4. The minimum atomic E-state index is -0.836. The number of amides is 4. The summed E-state index contributed by atoms with van der Waals surface area (Å²) < 4.78 is 1.75. The number of rotatable bonds is 4. The van der Waals surface area contributed by atoms with Crippen LogP contribution in [0.3, 0.4) is 0 Å². The number of urea groups is 1. The molecule has 2 heterocycles. The highest BCUT2D eigenvalue weighted by Gasteiger charge is 2.52. The average Bonchev–Trinajstić information content (AvgIpc) is 3.42. The number of para-hydroxylation sites is 1. The van der Waals surface area contributed by atoms with Crippen molar-refractivity contribution in [2.75, 3.05) is 11.9 Å². The molecule has 1 spiro atoms. The van der Waals surface area contributed by atoms with Crippen molar-refractivity contribution in [2.24, 2.45) is 5.92 Å². The summed E-state index contributed by atoms with van der Waals surface area (Å²) in [6.07, 6.45) is 5.79. The van der Waals surface area contributed by atoms with E-state index in [9.17, 15) is 14.4 Å². The molecule has 3 aliphatic rings. The molecule has 162 valence electrons. The molecule has 1 aliphatic heterocycles. The summed E-state index contributed by atoms with van der Waals surface area (Å²) in [6, 6.07) is 9.16. The van der Waals surface area contributed by atoms with Gasteiger partial charge in [-0.1, -0.05) is 25.1 Å². The average molecular weight is 422 g/mol. The third-order valence-corrected chi connectivity index (χ3v) is 6.84. The van der Waals surface area contributed by atoms with E-state index < -0.39 is 17.5 Å². The molecule has 2 N–H and O–H groups in total. The number of imide groups is 1. The molecule has 2 aliphatic carbocycles. The van der Waals surface area contributed by atoms with Crippen LogP contribution in [-0.4, -0.2) is 44.6 Å². The number of hydrogen-bond donors (Lipinski definition) is 2. The number of fused-ring (bicyclic) bond motifs is 1. The van der Waals surface area contributed by atoms with E-state index in [2.05, 4.69) is 17.6 Å². The molecule has 8 nitrogen and oxygen atoms in total. The van der Waals surface area contributed by atoms with Crippen molar-refractivity contribution in [3.05, 3.63) is 41.6 Å². The Morgan fingerprint density at radius 1 is 1.19 bits per heavy atom. The molecule has 31 heavy (non-hydrogen) atoms. The van der Waals surface area contributed by atoms with Crippen LogP contribution in [-0.2, 0) is 22.4 Å². The van der Waals surface area contributed by atoms with Gasteiger partial charge in [0.1, 0.15) is 17.9 Å². The summed E-state index contributed by atoms with van der Waals surface area (Å²) in [5.74, 6) is 0.517. The normalized spacial score (nSPS) is 25.1. The molecule has 0 radical (unpaired) electrons. The van der Waals surface area contributed by atoms with Gasteiger partial charge in [-0.05, 0) is 63.0 Å². The Morgan fingerprint density at radius 3 is 2.68 bits per heavy atom. The van der Waals surface area contributed by atoms with E-state index in [4.69, 9.17) is 5.10 Å². The Hall–Kier alpha value is -3.16.